The molecule has 3 rings (SSSR count). The lowest BCUT2D eigenvalue weighted by atomic mass is 10.0. The molecule has 1 aliphatic heterocycles. The van der Waals surface area contributed by atoms with Crippen molar-refractivity contribution in [3.63, 3.8) is 0 Å². The summed E-state index contributed by atoms with van der Waals surface area (Å²) in [7, 11) is 0. The molecule has 0 saturated heterocycles. The number of ether oxygens (including phenoxy) is 1. The quantitative estimate of drug-likeness (QED) is 0.716. The molecular formula is C15H17NO2. The normalized spacial score (nSPS) is 17.3. The minimum absolute atomic E-state index is 0.234. The number of hydrogen-bond acceptors (Lipinski definition) is 2. The molecule has 3 heteroatoms. The van der Waals surface area contributed by atoms with Gasteiger partial charge in [-0.2, -0.15) is 0 Å². The number of cyclic esters (lactones) is 1. The predicted molar refractivity (Wildman–Crippen MR) is 70.8 cm³/mol. The number of rotatable bonds is 1. The van der Waals surface area contributed by atoms with Gasteiger partial charge in [0.2, 0.25) is 0 Å². The molecule has 0 unspecified atom stereocenters. The molecular weight excluding hydrogens is 226 g/mol. The van der Waals surface area contributed by atoms with Crippen LogP contribution in [0.15, 0.2) is 24.3 Å². The number of carbonyl (C=O) groups excluding carboxylic acids is 1. The van der Waals surface area contributed by atoms with Crippen LogP contribution in [0.1, 0.15) is 49.7 Å². The Morgan fingerprint density at radius 2 is 1.94 bits per heavy atom. The van der Waals surface area contributed by atoms with Gasteiger partial charge in [0.25, 0.3) is 0 Å². The number of nitrogens with zero attached hydrogens (tertiary/aromatic N) is 1. The van der Waals surface area contributed by atoms with Gasteiger partial charge >= 0.3 is 5.97 Å². The summed E-state index contributed by atoms with van der Waals surface area (Å²) in [6.45, 7) is 8.17. The van der Waals surface area contributed by atoms with Crippen molar-refractivity contribution < 1.29 is 9.53 Å². The first kappa shape index (κ1) is 11.3. The van der Waals surface area contributed by atoms with E-state index in [0.717, 1.165) is 10.9 Å². The summed E-state index contributed by atoms with van der Waals surface area (Å²) < 4.78 is 7.35. The molecule has 0 radical (unpaired) electrons. The van der Waals surface area contributed by atoms with Crippen LogP contribution >= 0.6 is 0 Å². The highest BCUT2D eigenvalue weighted by molar-refractivity contribution is 5.98. The van der Waals surface area contributed by atoms with Crippen molar-refractivity contribution in [2.75, 3.05) is 0 Å². The van der Waals surface area contributed by atoms with E-state index in [1.54, 1.807) is 0 Å². The standard InChI is InChI=1S/C15H17NO2/c1-9(2)10-5-6-12-11(7-10)8-13-14(17)18-15(3,4)16(12)13/h5-9H,1-4H3. The summed E-state index contributed by atoms with van der Waals surface area (Å²) in [4.78, 5) is 11.8. The highest BCUT2D eigenvalue weighted by Crippen LogP contribution is 2.36. The van der Waals surface area contributed by atoms with E-state index in [0.29, 0.717) is 11.6 Å². The van der Waals surface area contributed by atoms with Crippen molar-refractivity contribution in [2.45, 2.75) is 39.3 Å². The van der Waals surface area contributed by atoms with Crippen molar-refractivity contribution in [3.8, 4) is 0 Å². The Balaban J connectivity index is 2.30. The van der Waals surface area contributed by atoms with Gasteiger partial charge in [-0.15, -0.1) is 0 Å². The van der Waals surface area contributed by atoms with Crippen molar-refractivity contribution >= 4 is 16.9 Å². The number of fused-ring (bicyclic) bond motifs is 3. The van der Waals surface area contributed by atoms with E-state index in [4.69, 9.17) is 4.74 Å². The zero-order chi connectivity index (χ0) is 13.1. The average molecular weight is 243 g/mol. The molecule has 94 valence electrons. The molecule has 0 amide bonds. The van der Waals surface area contributed by atoms with Gasteiger partial charge in [-0.1, -0.05) is 19.9 Å². The first-order valence-corrected chi connectivity index (χ1v) is 6.29. The van der Waals surface area contributed by atoms with Crippen LogP contribution in [0, 0.1) is 0 Å². The average Bonchev–Trinajstić information content (AvgIpc) is 2.75. The monoisotopic (exact) mass is 243 g/mol. The van der Waals surface area contributed by atoms with Crippen LogP contribution in [0.3, 0.4) is 0 Å². The maximum absolute atomic E-state index is 11.8. The molecule has 0 N–H and O–H groups in total. The van der Waals surface area contributed by atoms with Gasteiger partial charge in [-0.3, -0.25) is 4.57 Å². The lowest BCUT2D eigenvalue weighted by molar-refractivity contribution is -0.0163. The predicted octanol–water partition coefficient (Wildman–Crippen LogP) is 3.63. The van der Waals surface area contributed by atoms with Gasteiger partial charge in [0, 0.05) is 5.39 Å². The van der Waals surface area contributed by atoms with Gasteiger partial charge < -0.3 is 4.74 Å². The Morgan fingerprint density at radius 1 is 1.22 bits per heavy atom. The van der Waals surface area contributed by atoms with Crippen molar-refractivity contribution in [3.05, 3.63) is 35.5 Å². The highest BCUT2D eigenvalue weighted by Gasteiger charge is 2.38. The van der Waals surface area contributed by atoms with Crippen LogP contribution in [-0.2, 0) is 10.5 Å². The van der Waals surface area contributed by atoms with Gasteiger partial charge in [-0.05, 0) is 43.5 Å². The Labute approximate surface area is 106 Å². The number of hydrogen-bond donors (Lipinski definition) is 0. The zero-order valence-electron chi connectivity index (χ0n) is 11.2. The maximum Gasteiger partial charge on any atom is 0.357 e. The SMILES string of the molecule is CC(C)c1ccc2c(c1)cc1n2C(C)(C)OC1=O. The molecule has 0 saturated carbocycles. The highest BCUT2D eigenvalue weighted by atomic mass is 16.6. The summed E-state index contributed by atoms with van der Waals surface area (Å²) in [6.07, 6.45) is 0. The van der Waals surface area contributed by atoms with E-state index >= 15 is 0 Å². The minimum atomic E-state index is -0.590. The van der Waals surface area contributed by atoms with Crippen LogP contribution in [-0.4, -0.2) is 10.5 Å². The molecule has 0 atom stereocenters. The van der Waals surface area contributed by atoms with Crippen molar-refractivity contribution in [1.29, 1.82) is 0 Å². The molecule has 2 aromatic rings. The Morgan fingerprint density at radius 3 is 2.61 bits per heavy atom. The lowest BCUT2D eigenvalue weighted by Gasteiger charge is -2.21. The number of aromatic nitrogens is 1. The fourth-order valence-electron chi connectivity index (χ4n) is 2.65. The van der Waals surface area contributed by atoms with Crippen LogP contribution in [0.5, 0.6) is 0 Å². The third-order valence-corrected chi connectivity index (χ3v) is 3.58. The lowest BCUT2D eigenvalue weighted by Crippen LogP contribution is -2.23. The molecule has 3 nitrogen and oxygen atoms in total. The summed E-state index contributed by atoms with van der Waals surface area (Å²) >= 11 is 0. The van der Waals surface area contributed by atoms with E-state index in [-0.39, 0.29) is 5.97 Å². The molecule has 1 aliphatic rings. The molecule has 18 heavy (non-hydrogen) atoms. The van der Waals surface area contributed by atoms with E-state index < -0.39 is 5.72 Å². The van der Waals surface area contributed by atoms with E-state index in [2.05, 4.69) is 32.0 Å². The third kappa shape index (κ3) is 1.40. The van der Waals surface area contributed by atoms with Gasteiger partial charge in [0.15, 0.2) is 5.72 Å². The second-order valence-electron chi connectivity index (χ2n) is 5.67. The summed E-state index contributed by atoms with van der Waals surface area (Å²) in [6, 6.07) is 8.30. The second kappa shape index (κ2) is 3.37. The topological polar surface area (TPSA) is 31.2 Å². The summed E-state index contributed by atoms with van der Waals surface area (Å²) in [5.41, 5.74) is 2.41. The fraction of sp³-hybridized carbons (Fsp3) is 0.400. The Kier molecular flexibility index (Phi) is 2.12. The van der Waals surface area contributed by atoms with Gasteiger partial charge in [0.05, 0.1) is 5.52 Å². The third-order valence-electron chi connectivity index (χ3n) is 3.58. The summed E-state index contributed by atoms with van der Waals surface area (Å²) in [5.74, 6) is 0.256. The van der Waals surface area contributed by atoms with Crippen molar-refractivity contribution in [1.82, 2.24) is 4.57 Å². The van der Waals surface area contributed by atoms with Crippen LogP contribution in [0.25, 0.3) is 10.9 Å². The number of esters is 1. The Bertz CT molecular complexity index is 650. The van der Waals surface area contributed by atoms with Crippen LogP contribution in [0.2, 0.25) is 0 Å². The zero-order valence-corrected chi connectivity index (χ0v) is 11.2. The first-order chi connectivity index (χ1) is 8.40. The Hall–Kier alpha value is -1.77. The molecule has 1 aromatic heterocycles. The number of carbonyl (C=O) groups is 1. The molecule has 1 aromatic carbocycles. The van der Waals surface area contributed by atoms with E-state index in [1.165, 1.54) is 5.56 Å². The first-order valence-electron chi connectivity index (χ1n) is 6.29. The van der Waals surface area contributed by atoms with E-state index in [9.17, 15) is 4.79 Å². The molecule has 0 spiro atoms. The largest absolute Gasteiger partial charge is 0.434 e. The van der Waals surface area contributed by atoms with Gasteiger partial charge in [-0.25, -0.2) is 4.79 Å². The fourth-order valence-corrected chi connectivity index (χ4v) is 2.65. The minimum Gasteiger partial charge on any atom is -0.434 e. The smallest absolute Gasteiger partial charge is 0.357 e. The van der Waals surface area contributed by atoms with Crippen molar-refractivity contribution in [2.24, 2.45) is 0 Å². The molecule has 2 heterocycles. The molecule has 0 aliphatic carbocycles. The maximum atomic E-state index is 11.8. The molecule has 0 fully saturated rings. The second-order valence-corrected chi connectivity index (χ2v) is 5.67. The van der Waals surface area contributed by atoms with Gasteiger partial charge in [0.1, 0.15) is 5.69 Å². The van der Waals surface area contributed by atoms with Crippen LogP contribution < -0.4 is 0 Å². The van der Waals surface area contributed by atoms with E-state index in [1.807, 2.05) is 24.5 Å². The van der Waals surface area contributed by atoms with Crippen LogP contribution in [0.4, 0.5) is 0 Å². The summed E-state index contributed by atoms with van der Waals surface area (Å²) in [5, 5.41) is 1.11. The number of benzene rings is 1. The molecule has 0 bridgehead atoms.